The van der Waals surface area contributed by atoms with Crippen LogP contribution < -0.4 is 10.5 Å². The molecule has 110 valence electrons. The van der Waals surface area contributed by atoms with Gasteiger partial charge < -0.3 is 5.73 Å². The molecule has 1 unspecified atom stereocenters. The van der Waals surface area contributed by atoms with E-state index in [2.05, 4.69) is 32.8 Å². The number of benzene rings is 1. The van der Waals surface area contributed by atoms with Gasteiger partial charge in [-0.05, 0) is 49.8 Å². The number of sulfonamides is 1. The zero-order valence-corrected chi connectivity index (χ0v) is 13.8. The highest BCUT2D eigenvalue weighted by Crippen LogP contribution is 2.26. The minimum absolute atomic E-state index is 0.246. The summed E-state index contributed by atoms with van der Waals surface area (Å²) < 4.78 is 28.2. The van der Waals surface area contributed by atoms with Gasteiger partial charge in [0.2, 0.25) is 10.0 Å². The van der Waals surface area contributed by atoms with Crippen LogP contribution in [0, 0.1) is 12.8 Å². The van der Waals surface area contributed by atoms with Gasteiger partial charge in [-0.1, -0.05) is 28.1 Å². The van der Waals surface area contributed by atoms with Crippen LogP contribution in [0.1, 0.15) is 24.8 Å². The van der Waals surface area contributed by atoms with E-state index in [0.717, 1.165) is 19.3 Å². The number of halogens is 1. The number of nitrogen functional groups attached to an aromatic ring is 1. The van der Waals surface area contributed by atoms with E-state index >= 15 is 0 Å². The summed E-state index contributed by atoms with van der Waals surface area (Å²) in [5.74, 6) is 0.375. The van der Waals surface area contributed by atoms with Crippen LogP contribution >= 0.6 is 15.9 Å². The monoisotopic (exact) mass is 358 g/mol. The summed E-state index contributed by atoms with van der Waals surface area (Å²) in [5.41, 5.74) is 6.89. The SMILES string of the molecule is Cc1c(N)cc(Br)cc1S(=O)(=O)NCC1CC=CCC1. The fourth-order valence-corrected chi connectivity index (χ4v) is 4.34. The number of rotatable bonds is 4. The van der Waals surface area contributed by atoms with E-state index in [4.69, 9.17) is 5.73 Å². The molecule has 1 aromatic rings. The van der Waals surface area contributed by atoms with Crippen molar-refractivity contribution >= 4 is 31.6 Å². The molecule has 0 amide bonds. The number of nitrogens with one attached hydrogen (secondary N) is 1. The van der Waals surface area contributed by atoms with Crippen LogP contribution in [0.25, 0.3) is 0 Å². The highest BCUT2D eigenvalue weighted by Gasteiger charge is 2.20. The summed E-state index contributed by atoms with van der Waals surface area (Å²) in [6.45, 7) is 2.19. The number of anilines is 1. The van der Waals surface area contributed by atoms with Crippen LogP contribution in [0.5, 0.6) is 0 Å². The third kappa shape index (κ3) is 3.62. The average molecular weight is 359 g/mol. The highest BCUT2D eigenvalue weighted by atomic mass is 79.9. The first-order valence-corrected chi connectivity index (χ1v) is 8.88. The van der Waals surface area contributed by atoms with Gasteiger partial charge in [0.25, 0.3) is 0 Å². The van der Waals surface area contributed by atoms with Gasteiger partial charge in [0.1, 0.15) is 0 Å². The molecule has 0 aliphatic heterocycles. The Balaban J connectivity index is 2.16. The molecule has 0 spiro atoms. The lowest BCUT2D eigenvalue weighted by Gasteiger charge is -2.19. The second kappa shape index (κ2) is 6.28. The molecular formula is C14H19BrN2O2S. The molecule has 0 radical (unpaired) electrons. The van der Waals surface area contributed by atoms with Crippen LogP contribution in [0.4, 0.5) is 5.69 Å². The molecule has 0 bridgehead atoms. The van der Waals surface area contributed by atoms with Crippen LogP contribution in [0.2, 0.25) is 0 Å². The third-order valence-electron chi connectivity index (χ3n) is 3.59. The fourth-order valence-electron chi connectivity index (χ4n) is 2.30. The Bertz CT molecular complexity index is 626. The maximum Gasteiger partial charge on any atom is 0.240 e. The summed E-state index contributed by atoms with van der Waals surface area (Å²) in [7, 11) is -3.52. The minimum Gasteiger partial charge on any atom is -0.398 e. The molecule has 20 heavy (non-hydrogen) atoms. The van der Waals surface area contributed by atoms with Gasteiger partial charge in [-0.15, -0.1) is 0 Å². The fraction of sp³-hybridized carbons (Fsp3) is 0.429. The zero-order chi connectivity index (χ0) is 14.8. The molecule has 1 atom stereocenters. The Hall–Kier alpha value is -0.850. The lowest BCUT2D eigenvalue weighted by atomic mass is 9.95. The van der Waals surface area contributed by atoms with Crippen LogP contribution in [-0.4, -0.2) is 15.0 Å². The summed E-state index contributed by atoms with van der Waals surface area (Å²) in [6.07, 6.45) is 7.24. The zero-order valence-electron chi connectivity index (χ0n) is 11.4. The molecule has 3 N–H and O–H groups in total. The standard InChI is InChI=1S/C14H19BrN2O2S/c1-10-13(16)7-12(15)8-14(10)20(18,19)17-9-11-5-3-2-4-6-11/h2-3,7-8,11,17H,4-6,9,16H2,1H3. The molecule has 1 aliphatic rings. The molecule has 0 aromatic heterocycles. The van der Waals surface area contributed by atoms with Crippen molar-refractivity contribution in [3.63, 3.8) is 0 Å². The second-order valence-corrected chi connectivity index (χ2v) is 7.77. The summed E-state index contributed by atoms with van der Waals surface area (Å²) in [4.78, 5) is 0.246. The molecule has 2 rings (SSSR count). The van der Waals surface area contributed by atoms with Crippen molar-refractivity contribution in [3.8, 4) is 0 Å². The Kier molecular flexibility index (Phi) is 4.88. The van der Waals surface area contributed by atoms with Gasteiger partial charge in [-0.3, -0.25) is 0 Å². The Labute approximate surface area is 128 Å². The van der Waals surface area contributed by atoms with E-state index in [0.29, 0.717) is 28.2 Å². The highest BCUT2D eigenvalue weighted by molar-refractivity contribution is 9.10. The topological polar surface area (TPSA) is 72.2 Å². The Morgan fingerprint density at radius 1 is 1.40 bits per heavy atom. The van der Waals surface area contributed by atoms with Crippen molar-refractivity contribution in [3.05, 3.63) is 34.3 Å². The van der Waals surface area contributed by atoms with Crippen molar-refractivity contribution < 1.29 is 8.42 Å². The predicted molar refractivity (Wildman–Crippen MR) is 85.0 cm³/mol. The van der Waals surface area contributed by atoms with E-state index in [1.807, 2.05) is 0 Å². The van der Waals surface area contributed by atoms with Gasteiger partial charge >= 0.3 is 0 Å². The first-order valence-electron chi connectivity index (χ1n) is 6.60. The molecule has 1 aliphatic carbocycles. The maximum atomic E-state index is 12.4. The summed E-state index contributed by atoms with van der Waals surface area (Å²) in [5, 5.41) is 0. The van der Waals surface area contributed by atoms with Crippen molar-refractivity contribution in [1.82, 2.24) is 4.72 Å². The smallest absolute Gasteiger partial charge is 0.240 e. The maximum absolute atomic E-state index is 12.4. The molecule has 1 aromatic carbocycles. The predicted octanol–water partition coefficient (Wildman–Crippen LogP) is 2.97. The lowest BCUT2D eigenvalue weighted by Crippen LogP contribution is -2.30. The first-order chi connectivity index (χ1) is 9.40. The number of hydrogen-bond donors (Lipinski definition) is 2. The van der Waals surface area contributed by atoms with Crippen molar-refractivity contribution in [2.24, 2.45) is 5.92 Å². The first kappa shape index (κ1) is 15.5. The van der Waals surface area contributed by atoms with Crippen molar-refractivity contribution in [2.75, 3.05) is 12.3 Å². The average Bonchev–Trinajstić information content (AvgIpc) is 2.42. The van der Waals surface area contributed by atoms with Gasteiger partial charge in [0, 0.05) is 16.7 Å². The lowest BCUT2D eigenvalue weighted by molar-refractivity contribution is 0.468. The number of hydrogen-bond acceptors (Lipinski definition) is 3. The molecule has 0 saturated carbocycles. The van der Waals surface area contributed by atoms with E-state index < -0.39 is 10.0 Å². The van der Waals surface area contributed by atoms with E-state index in [9.17, 15) is 8.42 Å². The van der Waals surface area contributed by atoms with Gasteiger partial charge in [-0.25, -0.2) is 13.1 Å². The van der Waals surface area contributed by atoms with Crippen molar-refractivity contribution in [1.29, 1.82) is 0 Å². The quantitative estimate of drug-likeness (QED) is 0.641. The number of nitrogens with two attached hydrogens (primary N) is 1. The summed E-state index contributed by atoms with van der Waals surface area (Å²) in [6, 6.07) is 3.30. The molecule has 0 saturated heterocycles. The van der Waals surface area contributed by atoms with E-state index in [1.54, 1.807) is 19.1 Å². The summed E-state index contributed by atoms with van der Waals surface area (Å²) >= 11 is 3.29. The van der Waals surface area contributed by atoms with Crippen molar-refractivity contribution in [2.45, 2.75) is 31.1 Å². The minimum atomic E-state index is -3.52. The normalized spacial score (nSPS) is 19.2. The Morgan fingerprint density at radius 3 is 2.80 bits per heavy atom. The molecule has 6 heteroatoms. The van der Waals surface area contributed by atoms with E-state index in [1.165, 1.54) is 0 Å². The van der Waals surface area contributed by atoms with Crippen LogP contribution in [-0.2, 0) is 10.0 Å². The molecular weight excluding hydrogens is 340 g/mol. The van der Waals surface area contributed by atoms with Crippen LogP contribution in [0.15, 0.2) is 33.7 Å². The van der Waals surface area contributed by atoms with Gasteiger partial charge in [0.15, 0.2) is 0 Å². The largest absolute Gasteiger partial charge is 0.398 e. The van der Waals surface area contributed by atoms with Gasteiger partial charge in [0.05, 0.1) is 4.90 Å². The molecule has 0 heterocycles. The molecule has 0 fully saturated rings. The van der Waals surface area contributed by atoms with E-state index in [-0.39, 0.29) is 4.90 Å². The Morgan fingerprint density at radius 2 is 2.15 bits per heavy atom. The molecule has 4 nitrogen and oxygen atoms in total. The van der Waals surface area contributed by atoms with Gasteiger partial charge in [-0.2, -0.15) is 0 Å². The number of allylic oxidation sites excluding steroid dienone is 2. The second-order valence-electron chi connectivity index (χ2n) is 5.12. The third-order valence-corrected chi connectivity index (χ3v) is 5.60. The van der Waals surface area contributed by atoms with Crippen LogP contribution in [0.3, 0.4) is 0 Å².